The average molecular weight is 261 g/mol. The largest absolute Gasteiger partial charge is 0.481 e. The number of carbonyl (C=O) groups is 1. The van der Waals surface area contributed by atoms with Crippen molar-refractivity contribution >= 4 is 5.97 Å². The maximum atomic E-state index is 10.6. The zero-order valence-corrected chi connectivity index (χ0v) is 10.8. The molecule has 0 saturated heterocycles. The molecule has 1 aromatic carbocycles. The van der Waals surface area contributed by atoms with Crippen LogP contribution in [0.5, 0.6) is 5.95 Å². The maximum absolute atomic E-state index is 10.6. The molecule has 1 heterocycles. The molecule has 0 radical (unpaired) electrons. The first-order chi connectivity index (χ1) is 9.10. The fraction of sp³-hybridized carbons (Fsp3) is 0.286. The lowest BCUT2D eigenvalue weighted by Crippen LogP contribution is -1.99. The summed E-state index contributed by atoms with van der Waals surface area (Å²) in [6.07, 6.45) is 0.00901. The van der Waals surface area contributed by atoms with E-state index in [4.69, 9.17) is 14.3 Å². The minimum Gasteiger partial charge on any atom is -0.481 e. The van der Waals surface area contributed by atoms with E-state index in [1.807, 2.05) is 13.8 Å². The topological polar surface area (TPSA) is 72.6 Å². The second-order valence-electron chi connectivity index (χ2n) is 4.09. The zero-order valence-electron chi connectivity index (χ0n) is 10.8. The summed E-state index contributed by atoms with van der Waals surface area (Å²) >= 11 is 0. The number of oxazole rings is 1. The number of hydrogen-bond acceptors (Lipinski definition) is 4. The molecule has 1 N–H and O–H groups in total. The number of aryl methyl sites for hydroxylation is 1. The highest BCUT2D eigenvalue weighted by molar-refractivity contribution is 5.70. The van der Waals surface area contributed by atoms with Gasteiger partial charge in [-0.1, -0.05) is 12.1 Å². The normalized spacial score (nSPS) is 10.4. The lowest BCUT2D eigenvalue weighted by Gasteiger charge is -1.99. The summed E-state index contributed by atoms with van der Waals surface area (Å²) in [5.41, 5.74) is 2.24. The van der Waals surface area contributed by atoms with Crippen LogP contribution in [0.4, 0.5) is 0 Å². The van der Waals surface area contributed by atoms with Gasteiger partial charge < -0.3 is 14.3 Å². The maximum Gasteiger partial charge on any atom is 0.308 e. The zero-order chi connectivity index (χ0) is 13.8. The van der Waals surface area contributed by atoms with Gasteiger partial charge >= 0.3 is 11.9 Å². The van der Waals surface area contributed by atoms with Gasteiger partial charge in [0, 0.05) is 5.56 Å². The van der Waals surface area contributed by atoms with Gasteiger partial charge in [0.25, 0.3) is 0 Å². The predicted octanol–water partition coefficient (Wildman–Crippen LogP) is 2.68. The smallest absolute Gasteiger partial charge is 0.308 e. The quantitative estimate of drug-likeness (QED) is 0.895. The molecule has 5 heteroatoms. The lowest BCUT2D eigenvalue weighted by molar-refractivity contribution is -0.136. The van der Waals surface area contributed by atoms with Gasteiger partial charge in [-0.3, -0.25) is 4.79 Å². The van der Waals surface area contributed by atoms with Crippen LogP contribution in [-0.4, -0.2) is 22.7 Å². The molecule has 0 aliphatic carbocycles. The Morgan fingerprint density at radius 3 is 2.63 bits per heavy atom. The van der Waals surface area contributed by atoms with E-state index < -0.39 is 5.97 Å². The highest BCUT2D eigenvalue weighted by Crippen LogP contribution is 2.27. The molecule has 0 fully saturated rings. The van der Waals surface area contributed by atoms with Crippen LogP contribution in [0.2, 0.25) is 0 Å². The highest BCUT2D eigenvalue weighted by Gasteiger charge is 2.12. The van der Waals surface area contributed by atoms with Crippen molar-refractivity contribution in [2.75, 3.05) is 6.61 Å². The SMILES string of the molecule is CCOc1oc(-c2ccc(CC(=O)O)cc2)nc1C. The summed E-state index contributed by atoms with van der Waals surface area (Å²) in [5, 5.41) is 8.70. The van der Waals surface area contributed by atoms with Crippen LogP contribution in [0.3, 0.4) is 0 Å². The summed E-state index contributed by atoms with van der Waals surface area (Å²) in [5.74, 6) is 0.0493. The predicted molar refractivity (Wildman–Crippen MR) is 69.2 cm³/mol. The van der Waals surface area contributed by atoms with Gasteiger partial charge in [-0.2, -0.15) is 0 Å². The van der Waals surface area contributed by atoms with Crippen molar-refractivity contribution in [3.05, 3.63) is 35.5 Å². The molecule has 19 heavy (non-hydrogen) atoms. The Balaban J connectivity index is 2.22. The van der Waals surface area contributed by atoms with E-state index >= 15 is 0 Å². The number of nitrogens with zero attached hydrogens (tertiary/aromatic N) is 1. The number of carboxylic acid groups (broad SMARTS) is 1. The Bertz CT molecular complexity index is 572. The Hall–Kier alpha value is -2.30. The van der Waals surface area contributed by atoms with Gasteiger partial charge in [0.15, 0.2) is 0 Å². The molecule has 1 aromatic heterocycles. The van der Waals surface area contributed by atoms with Crippen LogP contribution < -0.4 is 4.74 Å². The first kappa shape index (κ1) is 13.1. The molecule has 0 atom stereocenters. The first-order valence-electron chi connectivity index (χ1n) is 6.01. The van der Waals surface area contributed by atoms with Crippen molar-refractivity contribution in [1.29, 1.82) is 0 Å². The van der Waals surface area contributed by atoms with Crippen LogP contribution >= 0.6 is 0 Å². The van der Waals surface area contributed by atoms with E-state index in [0.29, 0.717) is 24.1 Å². The fourth-order valence-electron chi connectivity index (χ4n) is 1.71. The van der Waals surface area contributed by atoms with Crippen molar-refractivity contribution in [3.8, 4) is 17.4 Å². The molecule has 0 saturated carbocycles. The number of rotatable bonds is 5. The molecule has 0 bridgehead atoms. The second kappa shape index (κ2) is 5.56. The molecule has 0 amide bonds. The van der Waals surface area contributed by atoms with Crippen LogP contribution in [0.15, 0.2) is 28.7 Å². The number of benzene rings is 1. The van der Waals surface area contributed by atoms with Crippen LogP contribution in [0.25, 0.3) is 11.5 Å². The third-order valence-corrected chi connectivity index (χ3v) is 2.59. The van der Waals surface area contributed by atoms with Crippen molar-refractivity contribution in [1.82, 2.24) is 4.98 Å². The van der Waals surface area contributed by atoms with Gasteiger partial charge in [-0.25, -0.2) is 4.98 Å². The summed E-state index contributed by atoms with van der Waals surface area (Å²) in [6, 6.07) is 7.09. The third-order valence-electron chi connectivity index (χ3n) is 2.59. The minimum atomic E-state index is -0.849. The number of hydrogen-bond donors (Lipinski definition) is 1. The Kier molecular flexibility index (Phi) is 3.85. The van der Waals surface area contributed by atoms with E-state index in [2.05, 4.69) is 4.98 Å². The summed E-state index contributed by atoms with van der Waals surface area (Å²) in [6.45, 7) is 4.21. The van der Waals surface area contributed by atoms with Crippen molar-refractivity contribution in [2.24, 2.45) is 0 Å². The van der Waals surface area contributed by atoms with Crippen LogP contribution in [0.1, 0.15) is 18.2 Å². The lowest BCUT2D eigenvalue weighted by atomic mass is 10.1. The van der Waals surface area contributed by atoms with E-state index in [1.165, 1.54) is 0 Å². The molecule has 2 aromatic rings. The summed E-state index contributed by atoms with van der Waals surface area (Å²) < 4.78 is 10.8. The van der Waals surface area contributed by atoms with Gasteiger partial charge in [-0.05, 0) is 31.5 Å². The first-order valence-corrected chi connectivity index (χ1v) is 6.01. The molecule has 5 nitrogen and oxygen atoms in total. The summed E-state index contributed by atoms with van der Waals surface area (Å²) in [7, 11) is 0. The van der Waals surface area contributed by atoms with Gasteiger partial charge in [0.05, 0.1) is 13.0 Å². The number of aliphatic carboxylic acids is 1. The van der Waals surface area contributed by atoms with E-state index in [9.17, 15) is 4.79 Å². The minimum absolute atomic E-state index is 0.00901. The van der Waals surface area contributed by atoms with Gasteiger partial charge in [-0.15, -0.1) is 0 Å². The monoisotopic (exact) mass is 261 g/mol. The fourth-order valence-corrected chi connectivity index (χ4v) is 1.71. The standard InChI is InChI=1S/C14H15NO4/c1-3-18-14-9(2)15-13(19-14)11-6-4-10(5-7-11)8-12(16)17/h4-7H,3,8H2,1-2H3,(H,16,17). The molecule has 2 rings (SSSR count). The van der Waals surface area contributed by atoms with E-state index in [-0.39, 0.29) is 6.42 Å². The third kappa shape index (κ3) is 3.13. The molecular weight excluding hydrogens is 246 g/mol. The van der Waals surface area contributed by atoms with Crippen molar-refractivity contribution < 1.29 is 19.1 Å². The second-order valence-corrected chi connectivity index (χ2v) is 4.09. The number of aromatic nitrogens is 1. The molecule has 0 aliphatic heterocycles. The van der Waals surface area contributed by atoms with E-state index in [1.54, 1.807) is 24.3 Å². The van der Waals surface area contributed by atoms with Crippen molar-refractivity contribution in [3.63, 3.8) is 0 Å². The molecule has 0 aliphatic rings. The van der Waals surface area contributed by atoms with Gasteiger partial charge in [0.2, 0.25) is 5.89 Å². The molecule has 100 valence electrons. The average Bonchev–Trinajstić information content (AvgIpc) is 2.72. The molecule has 0 spiro atoms. The summed E-state index contributed by atoms with van der Waals surface area (Å²) in [4.78, 5) is 14.9. The number of carboxylic acids is 1. The number of ether oxygens (including phenoxy) is 1. The Labute approximate surface area is 110 Å². The Morgan fingerprint density at radius 2 is 2.05 bits per heavy atom. The van der Waals surface area contributed by atoms with Gasteiger partial charge in [0.1, 0.15) is 5.69 Å². The van der Waals surface area contributed by atoms with Crippen molar-refractivity contribution in [2.45, 2.75) is 20.3 Å². The van der Waals surface area contributed by atoms with E-state index in [0.717, 1.165) is 11.1 Å². The van der Waals surface area contributed by atoms with Crippen LogP contribution in [-0.2, 0) is 11.2 Å². The highest BCUT2D eigenvalue weighted by atomic mass is 16.6. The molecular formula is C14H15NO4. The molecule has 0 unspecified atom stereocenters. The van der Waals surface area contributed by atoms with Crippen LogP contribution in [0, 0.1) is 6.92 Å². The Morgan fingerprint density at radius 1 is 1.37 bits per heavy atom.